The molecule has 0 aliphatic carbocycles. The third kappa shape index (κ3) is 3.65. The molecule has 3 rings (SSSR count). The van der Waals surface area contributed by atoms with Gasteiger partial charge in [0.2, 0.25) is 0 Å². The van der Waals surface area contributed by atoms with E-state index in [9.17, 15) is 4.79 Å². The number of carbonyl (C=O) groups is 1. The highest BCUT2D eigenvalue weighted by atomic mass is 16.1. The summed E-state index contributed by atoms with van der Waals surface area (Å²) in [7, 11) is 0. The van der Waals surface area contributed by atoms with Gasteiger partial charge in [0.05, 0.1) is 17.5 Å². The maximum atomic E-state index is 12.8. The number of carbonyl (C=O) groups excluding carboxylic acids is 1. The van der Waals surface area contributed by atoms with Gasteiger partial charge in [0.1, 0.15) is 5.82 Å². The lowest BCUT2D eigenvalue weighted by molar-refractivity contribution is 0.0931. The first-order valence-electron chi connectivity index (χ1n) is 8.85. The molecule has 0 spiro atoms. The molecule has 1 atom stereocenters. The molecule has 1 saturated heterocycles. The van der Waals surface area contributed by atoms with Crippen molar-refractivity contribution < 1.29 is 4.79 Å². The van der Waals surface area contributed by atoms with E-state index in [1.54, 1.807) is 18.6 Å². The van der Waals surface area contributed by atoms with Crippen molar-refractivity contribution in [2.75, 3.05) is 18.0 Å². The molecule has 0 aromatic carbocycles. The first-order chi connectivity index (χ1) is 12.0. The largest absolute Gasteiger partial charge is 0.353 e. The summed E-state index contributed by atoms with van der Waals surface area (Å²) in [5.41, 5.74) is 2.40. The van der Waals surface area contributed by atoms with E-state index in [2.05, 4.69) is 39.1 Å². The van der Waals surface area contributed by atoms with Gasteiger partial charge in [0, 0.05) is 43.3 Å². The smallest absolute Gasteiger partial charge is 0.255 e. The number of nitrogens with zero attached hydrogens (tertiary/aromatic N) is 5. The summed E-state index contributed by atoms with van der Waals surface area (Å²) < 4.78 is 1.91. The standard InChI is InChI=1S/C18H26N6O/c1-12(2)24-14(4)17(13(3)22-24)18(25)21-15-6-5-9-23(11-15)16-10-19-7-8-20-16/h7-8,10,12,15H,5-6,9,11H2,1-4H3,(H,21,25)/t15-/m0/s1. The van der Waals surface area contributed by atoms with Gasteiger partial charge < -0.3 is 10.2 Å². The molecule has 1 N–H and O–H groups in total. The second kappa shape index (κ2) is 7.21. The number of hydrogen-bond donors (Lipinski definition) is 1. The molecule has 134 valence electrons. The number of rotatable bonds is 4. The number of piperidine rings is 1. The van der Waals surface area contributed by atoms with Crippen LogP contribution in [0.2, 0.25) is 0 Å². The van der Waals surface area contributed by atoms with Crippen LogP contribution in [-0.4, -0.2) is 44.8 Å². The molecule has 7 heteroatoms. The van der Waals surface area contributed by atoms with Crippen LogP contribution in [0, 0.1) is 13.8 Å². The highest BCUT2D eigenvalue weighted by Crippen LogP contribution is 2.20. The van der Waals surface area contributed by atoms with Crippen molar-refractivity contribution in [3.63, 3.8) is 0 Å². The number of hydrogen-bond acceptors (Lipinski definition) is 5. The molecule has 2 aromatic rings. The number of amides is 1. The topological polar surface area (TPSA) is 75.9 Å². The van der Waals surface area contributed by atoms with Crippen LogP contribution in [0.5, 0.6) is 0 Å². The molecule has 2 aromatic heterocycles. The van der Waals surface area contributed by atoms with E-state index >= 15 is 0 Å². The van der Waals surface area contributed by atoms with Crippen LogP contribution in [-0.2, 0) is 0 Å². The maximum Gasteiger partial charge on any atom is 0.255 e. The minimum atomic E-state index is -0.0344. The molecule has 0 radical (unpaired) electrons. The Labute approximate surface area is 148 Å². The lowest BCUT2D eigenvalue weighted by Crippen LogP contribution is -2.48. The highest BCUT2D eigenvalue weighted by molar-refractivity contribution is 5.96. The summed E-state index contributed by atoms with van der Waals surface area (Å²) in [4.78, 5) is 23.5. The molecule has 25 heavy (non-hydrogen) atoms. The van der Waals surface area contributed by atoms with E-state index in [-0.39, 0.29) is 18.0 Å². The summed E-state index contributed by atoms with van der Waals surface area (Å²) in [6.07, 6.45) is 7.13. The second-order valence-electron chi connectivity index (χ2n) is 6.91. The normalized spacial score (nSPS) is 17.8. The Morgan fingerprint density at radius 2 is 2.12 bits per heavy atom. The van der Waals surface area contributed by atoms with E-state index in [1.807, 2.05) is 18.5 Å². The molecular weight excluding hydrogens is 316 g/mol. The Kier molecular flexibility index (Phi) is 5.01. The summed E-state index contributed by atoms with van der Waals surface area (Å²) in [5.74, 6) is 0.828. The average molecular weight is 342 g/mol. The molecule has 1 aliphatic heterocycles. The van der Waals surface area contributed by atoms with E-state index < -0.39 is 0 Å². The number of aryl methyl sites for hydroxylation is 1. The van der Waals surface area contributed by atoms with Crippen molar-refractivity contribution in [3.8, 4) is 0 Å². The molecular formula is C18H26N6O. The summed E-state index contributed by atoms with van der Waals surface area (Å²) >= 11 is 0. The second-order valence-corrected chi connectivity index (χ2v) is 6.91. The summed E-state index contributed by atoms with van der Waals surface area (Å²) in [6.45, 7) is 9.69. The third-order valence-corrected chi connectivity index (χ3v) is 4.67. The first kappa shape index (κ1) is 17.4. The predicted molar refractivity (Wildman–Crippen MR) is 96.8 cm³/mol. The van der Waals surface area contributed by atoms with Gasteiger partial charge in [-0.2, -0.15) is 5.10 Å². The number of nitrogens with one attached hydrogen (secondary N) is 1. The predicted octanol–water partition coefficient (Wildman–Crippen LogP) is 2.27. The Hall–Kier alpha value is -2.44. The van der Waals surface area contributed by atoms with Gasteiger partial charge in [-0.25, -0.2) is 4.98 Å². The zero-order chi connectivity index (χ0) is 18.0. The average Bonchev–Trinajstić information content (AvgIpc) is 2.90. The number of aromatic nitrogens is 4. The maximum absolute atomic E-state index is 12.8. The Bertz CT molecular complexity index is 740. The van der Waals surface area contributed by atoms with E-state index in [1.165, 1.54) is 0 Å². The fourth-order valence-electron chi connectivity index (χ4n) is 3.51. The molecule has 0 bridgehead atoms. The number of anilines is 1. The fraction of sp³-hybridized carbons (Fsp3) is 0.556. The van der Waals surface area contributed by atoms with Crippen LogP contribution in [0.4, 0.5) is 5.82 Å². The van der Waals surface area contributed by atoms with Gasteiger partial charge in [-0.1, -0.05) is 0 Å². The van der Waals surface area contributed by atoms with Gasteiger partial charge in [-0.05, 0) is 40.5 Å². The zero-order valence-corrected chi connectivity index (χ0v) is 15.4. The van der Waals surface area contributed by atoms with Gasteiger partial charge in [0.15, 0.2) is 0 Å². The van der Waals surface area contributed by atoms with Gasteiger partial charge in [0.25, 0.3) is 5.91 Å². The van der Waals surface area contributed by atoms with Gasteiger partial charge >= 0.3 is 0 Å². The van der Waals surface area contributed by atoms with Crippen LogP contribution in [0.3, 0.4) is 0 Å². The van der Waals surface area contributed by atoms with Crippen LogP contribution in [0.1, 0.15) is 54.5 Å². The van der Waals surface area contributed by atoms with Crippen molar-refractivity contribution in [3.05, 3.63) is 35.5 Å². The molecule has 7 nitrogen and oxygen atoms in total. The van der Waals surface area contributed by atoms with Gasteiger partial charge in [-0.3, -0.25) is 14.5 Å². The molecule has 0 unspecified atom stereocenters. The summed E-state index contributed by atoms with van der Waals surface area (Å²) in [6, 6.07) is 0.339. The van der Waals surface area contributed by atoms with Crippen molar-refractivity contribution in [1.29, 1.82) is 0 Å². The van der Waals surface area contributed by atoms with Crippen molar-refractivity contribution >= 4 is 11.7 Å². The Balaban J connectivity index is 1.71. The lowest BCUT2D eigenvalue weighted by Gasteiger charge is -2.33. The minimum Gasteiger partial charge on any atom is -0.353 e. The molecule has 1 aliphatic rings. The van der Waals surface area contributed by atoms with E-state index in [0.717, 1.165) is 43.1 Å². The van der Waals surface area contributed by atoms with Gasteiger partial charge in [-0.15, -0.1) is 0 Å². The lowest BCUT2D eigenvalue weighted by atomic mass is 10.0. The van der Waals surface area contributed by atoms with Crippen LogP contribution in [0.15, 0.2) is 18.6 Å². The van der Waals surface area contributed by atoms with Crippen LogP contribution in [0.25, 0.3) is 0 Å². The summed E-state index contributed by atoms with van der Waals surface area (Å²) in [5, 5.41) is 7.70. The third-order valence-electron chi connectivity index (χ3n) is 4.67. The minimum absolute atomic E-state index is 0.0344. The monoisotopic (exact) mass is 342 g/mol. The fourth-order valence-corrected chi connectivity index (χ4v) is 3.51. The molecule has 3 heterocycles. The van der Waals surface area contributed by atoms with Crippen LogP contribution < -0.4 is 10.2 Å². The quantitative estimate of drug-likeness (QED) is 0.922. The van der Waals surface area contributed by atoms with Crippen molar-refractivity contribution in [2.45, 2.75) is 52.6 Å². The zero-order valence-electron chi connectivity index (χ0n) is 15.4. The highest BCUT2D eigenvalue weighted by Gasteiger charge is 2.26. The van der Waals surface area contributed by atoms with E-state index in [0.29, 0.717) is 5.56 Å². The molecule has 1 fully saturated rings. The van der Waals surface area contributed by atoms with Crippen molar-refractivity contribution in [1.82, 2.24) is 25.1 Å². The first-order valence-corrected chi connectivity index (χ1v) is 8.85. The SMILES string of the molecule is Cc1nn(C(C)C)c(C)c1C(=O)N[C@H]1CCCN(c2cnccn2)C1. The van der Waals surface area contributed by atoms with E-state index in [4.69, 9.17) is 0 Å². The Morgan fingerprint density at radius 1 is 1.32 bits per heavy atom. The molecule has 1 amide bonds. The van der Waals surface area contributed by atoms with Crippen LogP contribution >= 0.6 is 0 Å². The molecule has 0 saturated carbocycles. The van der Waals surface area contributed by atoms with Crippen molar-refractivity contribution in [2.24, 2.45) is 0 Å². The Morgan fingerprint density at radius 3 is 2.76 bits per heavy atom.